The summed E-state index contributed by atoms with van der Waals surface area (Å²) in [7, 11) is -3.77. The van der Waals surface area contributed by atoms with Gasteiger partial charge in [0.15, 0.2) is 0 Å². The molecule has 132 valence electrons. The first-order valence-corrected chi connectivity index (χ1v) is 9.22. The minimum Gasteiger partial charge on any atom is -0.246 e. The molecular formula is C14H11F3N4O2S2. The molecule has 0 atom stereocenters. The molecule has 0 aliphatic carbocycles. The van der Waals surface area contributed by atoms with Gasteiger partial charge in [0.2, 0.25) is 0 Å². The maximum atomic E-state index is 12.7. The summed E-state index contributed by atoms with van der Waals surface area (Å²) in [6.45, 7) is 0.0254. The standard InChI is InChI=1S/C14H11F3N4O2S2/c15-14(16,17)11-4-1-3-10(7-11)8-21-9-18-13(19-21)20-25(22,23)12-5-2-6-24-12/h1-7,9H,8H2,(H,19,20). The fraction of sp³-hybridized carbons (Fsp3) is 0.143. The maximum Gasteiger partial charge on any atom is 0.416 e. The lowest BCUT2D eigenvalue weighted by molar-refractivity contribution is -0.137. The van der Waals surface area contributed by atoms with Gasteiger partial charge in [-0.15, -0.1) is 16.4 Å². The summed E-state index contributed by atoms with van der Waals surface area (Å²) >= 11 is 1.04. The van der Waals surface area contributed by atoms with E-state index in [0.717, 1.165) is 23.5 Å². The van der Waals surface area contributed by atoms with E-state index in [2.05, 4.69) is 14.8 Å². The van der Waals surface area contributed by atoms with Crippen molar-refractivity contribution < 1.29 is 21.6 Å². The fourth-order valence-corrected chi connectivity index (χ4v) is 3.98. The predicted octanol–water partition coefficient (Wildman–Crippen LogP) is 3.21. The average molecular weight is 388 g/mol. The third-order valence-electron chi connectivity index (χ3n) is 3.12. The van der Waals surface area contributed by atoms with Crippen molar-refractivity contribution in [3.05, 3.63) is 59.2 Å². The smallest absolute Gasteiger partial charge is 0.246 e. The summed E-state index contributed by atoms with van der Waals surface area (Å²) < 4.78 is 65.9. The van der Waals surface area contributed by atoms with Crippen LogP contribution >= 0.6 is 11.3 Å². The SMILES string of the molecule is O=S(=O)(Nc1ncn(Cc2cccc(C(F)(F)F)c2)n1)c1cccs1. The number of thiophene rings is 1. The first kappa shape index (κ1) is 17.4. The van der Waals surface area contributed by atoms with Gasteiger partial charge in [-0.05, 0) is 29.1 Å². The Morgan fingerprint density at radius 3 is 2.68 bits per heavy atom. The molecule has 0 aliphatic rings. The molecule has 1 N–H and O–H groups in total. The van der Waals surface area contributed by atoms with Gasteiger partial charge < -0.3 is 0 Å². The number of sulfonamides is 1. The van der Waals surface area contributed by atoms with Gasteiger partial charge in [0.25, 0.3) is 16.0 Å². The van der Waals surface area contributed by atoms with Gasteiger partial charge >= 0.3 is 6.18 Å². The maximum absolute atomic E-state index is 12.7. The van der Waals surface area contributed by atoms with Crippen molar-refractivity contribution in [2.45, 2.75) is 16.9 Å². The van der Waals surface area contributed by atoms with Crippen LogP contribution < -0.4 is 4.72 Å². The summed E-state index contributed by atoms with van der Waals surface area (Å²) in [6.07, 6.45) is -3.19. The van der Waals surface area contributed by atoms with Crippen LogP contribution in [0.4, 0.5) is 19.1 Å². The average Bonchev–Trinajstić information content (AvgIpc) is 3.18. The first-order valence-electron chi connectivity index (χ1n) is 6.86. The van der Waals surface area contributed by atoms with Gasteiger partial charge in [-0.1, -0.05) is 18.2 Å². The Balaban J connectivity index is 1.74. The van der Waals surface area contributed by atoms with E-state index in [9.17, 15) is 21.6 Å². The Morgan fingerprint density at radius 2 is 2.00 bits per heavy atom. The zero-order valence-electron chi connectivity index (χ0n) is 12.4. The lowest BCUT2D eigenvalue weighted by Gasteiger charge is -2.08. The zero-order valence-corrected chi connectivity index (χ0v) is 14.1. The zero-order chi connectivity index (χ0) is 18.1. The monoisotopic (exact) mass is 388 g/mol. The van der Waals surface area contributed by atoms with Gasteiger partial charge in [0, 0.05) is 0 Å². The van der Waals surface area contributed by atoms with E-state index in [-0.39, 0.29) is 16.7 Å². The molecule has 2 aromatic heterocycles. The van der Waals surface area contributed by atoms with E-state index in [1.165, 1.54) is 29.2 Å². The molecule has 25 heavy (non-hydrogen) atoms. The van der Waals surface area contributed by atoms with Crippen LogP contribution in [-0.2, 0) is 22.7 Å². The second-order valence-electron chi connectivity index (χ2n) is 5.00. The first-order chi connectivity index (χ1) is 11.7. The number of benzene rings is 1. The van der Waals surface area contributed by atoms with Crippen molar-refractivity contribution in [2.24, 2.45) is 0 Å². The van der Waals surface area contributed by atoms with E-state index in [4.69, 9.17) is 0 Å². The highest BCUT2D eigenvalue weighted by atomic mass is 32.2. The second kappa shape index (κ2) is 6.48. The van der Waals surface area contributed by atoms with Crippen LogP contribution in [0, 0.1) is 0 Å². The molecule has 0 aliphatic heterocycles. The van der Waals surface area contributed by atoms with Crippen molar-refractivity contribution in [3.8, 4) is 0 Å². The lowest BCUT2D eigenvalue weighted by atomic mass is 10.1. The Bertz CT molecular complexity index is 966. The minimum atomic E-state index is -4.43. The predicted molar refractivity (Wildman–Crippen MR) is 85.7 cm³/mol. The van der Waals surface area contributed by atoms with Gasteiger partial charge in [-0.3, -0.25) is 0 Å². The summed E-state index contributed by atoms with van der Waals surface area (Å²) in [5, 5.41) is 5.55. The molecule has 6 nitrogen and oxygen atoms in total. The molecule has 0 radical (unpaired) electrons. The van der Waals surface area contributed by atoms with Crippen LogP contribution in [0.25, 0.3) is 0 Å². The summed E-state index contributed by atoms with van der Waals surface area (Å²) in [5.41, 5.74) is -0.392. The molecule has 0 bridgehead atoms. The van der Waals surface area contributed by atoms with Crippen molar-refractivity contribution >= 4 is 27.3 Å². The van der Waals surface area contributed by atoms with Crippen LogP contribution in [0.3, 0.4) is 0 Å². The van der Waals surface area contributed by atoms with Gasteiger partial charge in [0.05, 0.1) is 12.1 Å². The quantitative estimate of drug-likeness (QED) is 0.728. The largest absolute Gasteiger partial charge is 0.416 e. The molecule has 0 amide bonds. The molecule has 2 heterocycles. The van der Waals surface area contributed by atoms with Gasteiger partial charge in [-0.25, -0.2) is 17.8 Å². The number of aromatic nitrogens is 3. The van der Waals surface area contributed by atoms with Crippen molar-refractivity contribution in [1.29, 1.82) is 0 Å². The van der Waals surface area contributed by atoms with Crippen molar-refractivity contribution in [2.75, 3.05) is 4.72 Å². The normalized spacial score (nSPS) is 12.3. The molecule has 0 spiro atoms. The number of hydrogen-bond acceptors (Lipinski definition) is 5. The van der Waals surface area contributed by atoms with E-state index in [1.54, 1.807) is 11.4 Å². The Hall–Kier alpha value is -2.40. The second-order valence-corrected chi connectivity index (χ2v) is 7.86. The molecule has 0 saturated carbocycles. The highest BCUT2D eigenvalue weighted by molar-refractivity contribution is 7.94. The molecular weight excluding hydrogens is 377 g/mol. The van der Waals surface area contributed by atoms with E-state index in [1.807, 2.05) is 0 Å². The van der Waals surface area contributed by atoms with Crippen LogP contribution in [0.2, 0.25) is 0 Å². The number of nitrogens with one attached hydrogen (secondary N) is 1. The highest BCUT2D eigenvalue weighted by Crippen LogP contribution is 2.29. The van der Waals surface area contributed by atoms with E-state index >= 15 is 0 Å². The number of halogens is 3. The van der Waals surface area contributed by atoms with Crippen molar-refractivity contribution in [1.82, 2.24) is 14.8 Å². The fourth-order valence-electron chi connectivity index (χ4n) is 2.04. The highest BCUT2D eigenvalue weighted by Gasteiger charge is 2.30. The summed E-state index contributed by atoms with van der Waals surface area (Å²) in [4.78, 5) is 3.82. The molecule has 0 fully saturated rings. The topological polar surface area (TPSA) is 76.9 Å². The molecule has 0 saturated heterocycles. The Kier molecular flexibility index (Phi) is 4.52. The van der Waals surface area contributed by atoms with Crippen LogP contribution in [0.15, 0.2) is 52.3 Å². The van der Waals surface area contributed by atoms with Crippen LogP contribution in [0.5, 0.6) is 0 Å². The number of alkyl halides is 3. The Morgan fingerprint density at radius 1 is 1.20 bits per heavy atom. The third kappa shape index (κ3) is 4.17. The molecule has 3 aromatic rings. The third-order valence-corrected chi connectivity index (χ3v) is 5.85. The van der Waals surface area contributed by atoms with E-state index < -0.39 is 21.8 Å². The molecule has 0 unspecified atom stereocenters. The number of anilines is 1. The van der Waals surface area contributed by atoms with E-state index in [0.29, 0.717) is 5.56 Å². The number of nitrogens with zero attached hydrogens (tertiary/aromatic N) is 3. The molecule has 11 heteroatoms. The Labute approximate surface area is 145 Å². The summed E-state index contributed by atoms with van der Waals surface area (Å²) in [5.74, 6) is -0.152. The van der Waals surface area contributed by atoms with Crippen molar-refractivity contribution in [3.63, 3.8) is 0 Å². The summed E-state index contributed by atoms with van der Waals surface area (Å²) in [6, 6.07) is 7.84. The number of rotatable bonds is 5. The van der Waals surface area contributed by atoms with Gasteiger partial charge in [0.1, 0.15) is 10.5 Å². The minimum absolute atomic E-state index is 0.0254. The van der Waals surface area contributed by atoms with Crippen LogP contribution in [0.1, 0.15) is 11.1 Å². The molecule has 3 rings (SSSR count). The number of hydrogen-bond donors (Lipinski definition) is 1. The lowest BCUT2D eigenvalue weighted by Crippen LogP contribution is -2.13. The van der Waals surface area contributed by atoms with Gasteiger partial charge in [-0.2, -0.15) is 18.2 Å². The van der Waals surface area contributed by atoms with Crippen LogP contribution in [-0.4, -0.2) is 23.2 Å². The molecule has 1 aromatic carbocycles.